The van der Waals surface area contributed by atoms with Gasteiger partial charge in [-0.05, 0) is 24.3 Å². The molecular formula is C15H16O5. The van der Waals surface area contributed by atoms with E-state index in [1.165, 1.54) is 24.3 Å². The number of esters is 2. The molecule has 0 aromatic heterocycles. The molecule has 1 rings (SSSR count). The Hall–Kier alpha value is -2.56. The van der Waals surface area contributed by atoms with E-state index < -0.39 is 17.7 Å². The minimum atomic E-state index is -1.58. The monoisotopic (exact) mass is 276 g/mol. The number of phenolic OH excluding ortho intramolecular Hbond substituents is 1. The minimum Gasteiger partial charge on any atom is -0.508 e. The van der Waals surface area contributed by atoms with Crippen molar-refractivity contribution in [1.82, 2.24) is 0 Å². The van der Waals surface area contributed by atoms with Gasteiger partial charge in [0.1, 0.15) is 5.75 Å². The van der Waals surface area contributed by atoms with Gasteiger partial charge in [-0.15, -0.1) is 0 Å². The van der Waals surface area contributed by atoms with E-state index in [4.69, 9.17) is 9.47 Å². The molecule has 0 aliphatic heterocycles. The largest absolute Gasteiger partial charge is 0.508 e. The molecule has 0 amide bonds. The number of benzene rings is 1. The van der Waals surface area contributed by atoms with Gasteiger partial charge in [0.25, 0.3) is 5.79 Å². The molecule has 1 N–H and O–H groups in total. The summed E-state index contributed by atoms with van der Waals surface area (Å²) in [5.41, 5.74) is 0.420. The van der Waals surface area contributed by atoms with Crippen LogP contribution < -0.4 is 0 Å². The third kappa shape index (κ3) is 3.47. The SMILES string of the molecule is C=CC(=O)OC(CC)(OC(=O)C=C)c1ccc(O)cc1. The van der Waals surface area contributed by atoms with Crippen molar-refractivity contribution in [2.75, 3.05) is 0 Å². The van der Waals surface area contributed by atoms with Gasteiger partial charge in [-0.2, -0.15) is 0 Å². The van der Waals surface area contributed by atoms with Gasteiger partial charge in [0.2, 0.25) is 0 Å². The van der Waals surface area contributed by atoms with Crippen LogP contribution in [0.5, 0.6) is 5.75 Å². The Morgan fingerprint density at radius 1 is 1.15 bits per heavy atom. The van der Waals surface area contributed by atoms with Gasteiger partial charge in [0, 0.05) is 24.1 Å². The first-order valence-electron chi connectivity index (χ1n) is 5.97. The first-order valence-corrected chi connectivity index (χ1v) is 5.97. The number of ether oxygens (including phenoxy) is 2. The summed E-state index contributed by atoms with van der Waals surface area (Å²) in [5.74, 6) is -2.98. The van der Waals surface area contributed by atoms with E-state index in [1.54, 1.807) is 6.92 Å². The van der Waals surface area contributed by atoms with Crippen LogP contribution in [0.3, 0.4) is 0 Å². The van der Waals surface area contributed by atoms with Crippen LogP contribution in [-0.4, -0.2) is 17.0 Å². The lowest BCUT2D eigenvalue weighted by Crippen LogP contribution is -2.36. The van der Waals surface area contributed by atoms with Crippen LogP contribution >= 0.6 is 0 Å². The van der Waals surface area contributed by atoms with Crippen molar-refractivity contribution in [3.8, 4) is 5.75 Å². The molecule has 0 saturated heterocycles. The lowest BCUT2D eigenvalue weighted by molar-refractivity contribution is -0.229. The molecular weight excluding hydrogens is 260 g/mol. The van der Waals surface area contributed by atoms with Gasteiger partial charge in [-0.1, -0.05) is 20.1 Å². The zero-order valence-electron chi connectivity index (χ0n) is 11.2. The molecule has 1 aromatic carbocycles. The third-order valence-electron chi connectivity index (χ3n) is 2.64. The van der Waals surface area contributed by atoms with Gasteiger partial charge < -0.3 is 14.6 Å². The summed E-state index contributed by atoms with van der Waals surface area (Å²) < 4.78 is 10.4. The second-order valence-corrected chi connectivity index (χ2v) is 3.90. The molecule has 0 bridgehead atoms. The van der Waals surface area contributed by atoms with Crippen LogP contribution in [0.1, 0.15) is 18.9 Å². The Kier molecular flexibility index (Phi) is 5.08. The summed E-state index contributed by atoms with van der Waals surface area (Å²) in [7, 11) is 0. The molecule has 0 radical (unpaired) electrons. The van der Waals surface area contributed by atoms with E-state index in [1.807, 2.05) is 0 Å². The fourth-order valence-corrected chi connectivity index (χ4v) is 1.61. The Bertz CT molecular complexity index is 494. The van der Waals surface area contributed by atoms with Gasteiger partial charge in [0.05, 0.1) is 0 Å². The molecule has 20 heavy (non-hydrogen) atoms. The quantitative estimate of drug-likeness (QED) is 0.490. The Morgan fingerprint density at radius 2 is 1.60 bits per heavy atom. The Labute approximate surface area is 117 Å². The Balaban J connectivity index is 3.24. The lowest BCUT2D eigenvalue weighted by atomic mass is 10.0. The standard InChI is InChI=1S/C15H16O5/c1-4-13(17)19-15(6-3,20-14(18)5-2)11-7-9-12(16)10-8-11/h4-5,7-10,16H,1-2,6H2,3H3. The van der Waals surface area contributed by atoms with Crippen LogP contribution in [0.2, 0.25) is 0 Å². The summed E-state index contributed by atoms with van der Waals surface area (Å²) in [4.78, 5) is 23.0. The number of rotatable bonds is 6. The maximum atomic E-state index is 11.5. The number of hydrogen-bond acceptors (Lipinski definition) is 5. The van der Waals surface area contributed by atoms with Crippen LogP contribution in [-0.2, 0) is 24.8 Å². The molecule has 1 aromatic rings. The van der Waals surface area contributed by atoms with Gasteiger partial charge in [-0.3, -0.25) is 0 Å². The third-order valence-corrected chi connectivity index (χ3v) is 2.64. The minimum absolute atomic E-state index is 0.0452. The molecule has 0 aliphatic carbocycles. The first-order chi connectivity index (χ1) is 9.47. The van der Waals surface area contributed by atoms with Gasteiger partial charge in [0.15, 0.2) is 0 Å². The van der Waals surface area contributed by atoms with E-state index in [0.717, 1.165) is 12.2 Å². The fraction of sp³-hybridized carbons (Fsp3) is 0.200. The number of carbonyl (C=O) groups is 2. The summed E-state index contributed by atoms with van der Waals surface area (Å²) in [6.45, 7) is 8.32. The molecule has 0 atom stereocenters. The maximum Gasteiger partial charge on any atom is 0.333 e. The molecule has 0 aliphatic rings. The normalized spacial score (nSPS) is 10.4. The number of aromatic hydroxyl groups is 1. The highest BCUT2D eigenvalue weighted by Gasteiger charge is 2.38. The second-order valence-electron chi connectivity index (χ2n) is 3.90. The Morgan fingerprint density at radius 3 is 1.95 bits per heavy atom. The molecule has 0 spiro atoms. The van der Waals surface area contributed by atoms with E-state index in [9.17, 15) is 14.7 Å². The highest BCUT2D eigenvalue weighted by molar-refractivity contribution is 5.83. The first kappa shape index (κ1) is 15.5. The van der Waals surface area contributed by atoms with Crippen LogP contribution in [0.4, 0.5) is 0 Å². The zero-order chi connectivity index (χ0) is 15.2. The van der Waals surface area contributed by atoms with Gasteiger partial charge in [-0.25, -0.2) is 9.59 Å². The molecule has 0 fully saturated rings. The number of phenols is 1. The van der Waals surface area contributed by atoms with Crippen molar-refractivity contribution in [3.05, 3.63) is 55.1 Å². The van der Waals surface area contributed by atoms with Crippen molar-refractivity contribution in [1.29, 1.82) is 0 Å². The lowest BCUT2D eigenvalue weighted by Gasteiger charge is -2.31. The predicted octanol–water partition coefficient (Wildman–Crippen LogP) is 2.41. The average Bonchev–Trinajstić information content (AvgIpc) is 2.46. The molecule has 0 saturated carbocycles. The zero-order valence-corrected chi connectivity index (χ0v) is 11.2. The number of hydrogen-bond donors (Lipinski definition) is 1. The van der Waals surface area contributed by atoms with Crippen LogP contribution in [0.25, 0.3) is 0 Å². The summed E-state index contributed by atoms with van der Waals surface area (Å²) in [5, 5.41) is 9.30. The summed E-state index contributed by atoms with van der Waals surface area (Å²) in [6.07, 6.45) is 2.15. The summed E-state index contributed by atoms with van der Waals surface area (Å²) >= 11 is 0. The number of carbonyl (C=O) groups excluding carboxylic acids is 2. The topological polar surface area (TPSA) is 72.8 Å². The molecule has 5 nitrogen and oxygen atoms in total. The van der Waals surface area contributed by atoms with E-state index in [-0.39, 0.29) is 12.2 Å². The van der Waals surface area contributed by atoms with Crippen molar-refractivity contribution in [2.45, 2.75) is 19.1 Å². The van der Waals surface area contributed by atoms with E-state index >= 15 is 0 Å². The molecule has 0 heterocycles. The van der Waals surface area contributed by atoms with Crippen molar-refractivity contribution >= 4 is 11.9 Å². The van der Waals surface area contributed by atoms with E-state index in [0.29, 0.717) is 5.56 Å². The average molecular weight is 276 g/mol. The molecule has 0 unspecified atom stereocenters. The predicted molar refractivity (Wildman–Crippen MR) is 72.7 cm³/mol. The fourth-order valence-electron chi connectivity index (χ4n) is 1.61. The maximum absolute atomic E-state index is 11.5. The molecule has 5 heteroatoms. The van der Waals surface area contributed by atoms with Crippen molar-refractivity contribution < 1.29 is 24.2 Å². The smallest absolute Gasteiger partial charge is 0.333 e. The van der Waals surface area contributed by atoms with E-state index in [2.05, 4.69) is 13.2 Å². The van der Waals surface area contributed by atoms with Crippen LogP contribution in [0, 0.1) is 0 Å². The molecule has 106 valence electrons. The van der Waals surface area contributed by atoms with Crippen LogP contribution in [0.15, 0.2) is 49.6 Å². The van der Waals surface area contributed by atoms with Crippen molar-refractivity contribution in [3.63, 3.8) is 0 Å². The van der Waals surface area contributed by atoms with Gasteiger partial charge >= 0.3 is 11.9 Å². The second kappa shape index (κ2) is 6.56. The van der Waals surface area contributed by atoms with Crippen molar-refractivity contribution in [2.24, 2.45) is 0 Å². The highest BCUT2D eigenvalue weighted by atomic mass is 16.7. The summed E-state index contributed by atoms with van der Waals surface area (Å²) in [6, 6.07) is 5.82. The highest BCUT2D eigenvalue weighted by Crippen LogP contribution is 2.32.